The molecule has 0 aliphatic rings. The number of methoxy groups -OCH3 is 3. The highest BCUT2D eigenvalue weighted by Crippen LogP contribution is 2.31. The summed E-state index contributed by atoms with van der Waals surface area (Å²) >= 11 is 23.2. The van der Waals surface area contributed by atoms with Gasteiger partial charge in [0.05, 0.1) is 38.7 Å². The van der Waals surface area contributed by atoms with Crippen molar-refractivity contribution < 1.29 is 23.9 Å². The standard InChI is InChI=1S/C20H21Cl3N4O6S/c1-31-12-5-6-13(14(10-12)27(29)30)24-19(34)26-18(20(21,22)23)25-17(28)9-11-4-7-15(32-2)16(8-11)33-3/h4-8,10,18H,9H2,1-3H3,(H,25,28)(H2,24,26,34). The first-order valence-corrected chi connectivity index (χ1v) is 11.0. The van der Waals surface area contributed by atoms with Crippen LogP contribution in [0.2, 0.25) is 0 Å². The number of nitro groups is 1. The Kier molecular flexibility index (Phi) is 9.80. The minimum Gasteiger partial charge on any atom is -0.496 e. The Hall–Kier alpha value is -2.73. The first-order valence-electron chi connectivity index (χ1n) is 9.45. The van der Waals surface area contributed by atoms with Crippen molar-refractivity contribution in [2.45, 2.75) is 16.4 Å². The molecule has 184 valence electrons. The molecule has 0 aliphatic heterocycles. The zero-order valence-electron chi connectivity index (χ0n) is 18.2. The van der Waals surface area contributed by atoms with Crippen molar-refractivity contribution in [3.05, 3.63) is 52.1 Å². The monoisotopic (exact) mass is 550 g/mol. The summed E-state index contributed by atoms with van der Waals surface area (Å²) in [7, 11) is 4.36. The molecule has 0 aliphatic carbocycles. The largest absolute Gasteiger partial charge is 0.496 e. The van der Waals surface area contributed by atoms with Crippen LogP contribution in [0.4, 0.5) is 11.4 Å². The van der Waals surface area contributed by atoms with Gasteiger partial charge in [-0.3, -0.25) is 14.9 Å². The number of amides is 1. The van der Waals surface area contributed by atoms with Crippen LogP contribution in [0.25, 0.3) is 0 Å². The molecule has 0 fully saturated rings. The predicted octanol–water partition coefficient (Wildman–Crippen LogP) is 3.96. The van der Waals surface area contributed by atoms with E-state index >= 15 is 0 Å². The average Bonchev–Trinajstić information content (AvgIpc) is 2.77. The van der Waals surface area contributed by atoms with Gasteiger partial charge >= 0.3 is 0 Å². The second kappa shape index (κ2) is 12.1. The molecular formula is C20H21Cl3N4O6S. The Bertz CT molecular complexity index is 1070. The number of ether oxygens (including phenoxy) is 3. The molecule has 0 aromatic heterocycles. The summed E-state index contributed by atoms with van der Waals surface area (Å²) in [5.74, 6) is 0.763. The summed E-state index contributed by atoms with van der Waals surface area (Å²) in [6, 6.07) is 9.13. The Morgan fingerprint density at radius 2 is 1.74 bits per heavy atom. The first kappa shape index (κ1) is 27.5. The van der Waals surface area contributed by atoms with E-state index in [0.29, 0.717) is 17.1 Å². The maximum absolute atomic E-state index is 12.6. The lowest BCUT2D eigenvalue weighted by atomic mass is 10.1. The fourth-order valence-electron chi connectivity index (χ4n) is 2.77. The van der Waals surface area contributed by atoms with Gasteiger partial charge in [-0.2, -0.15) is 0 Å². The summed E-state index contributed by atoms with van der Waals surface area (Å²) in [5, 5.41) is 19.1. The molecule has 0 saturated heterocycles. The second-order valence-corrected chi connectivity index (χ2v) is 9.42. The summed E-state index contributed by atoms with van der Waals surface area (Å²) in [5.41, 5.74) is 0.405. The van der Waals surface area contributed by atoms with Gasteiger partial charge in [0, 0.05) is 0 Å². The van der Waals surface area contributed by atoms with Crippen LogP contribution >= 0.6 is 47.0 Å². The highest BCUT2D eigenvalue weighted by molar-refractivity contribution is 7.80. The van der Waals surface area contributed by atoms with Gasteiger partial charge in [-0.15, -0.1) is 0 Å². The Morgan fingerprint density at radius 1 is 1.06 bits per heavy atom. The van der Waals surface area contributed by atoms with Crippen LogP contribution in [0.3, 0.4) is 0 Å². The predicted molar refractivity (Wildman–Crippen MR) is 134 cm³/mol. The Balaban J connectivity index is 2.11. The molecule has 0 bridgehead atoms. The van der Waals surface area contributed by atoms with Crippen molar-refractivity contribution in [2.75, 3.05) is 26.6 Å². The molecule has 2 aromatic rings. The normalized spacial score (nSPS) is 11.7. The molecule has 2 rings (SSSR count). The number of halogens is 3. The molecule has 2 aromatic carbocycles. The molecule has 0 saturated carbocycles. The van der Waals surface area contributed by atoms with E-state index in [1.54, 1.807) is 18.2 Å². The van der Waals surface area contributed by atoms with Gasteiger partial charge in [0.1, 0.15) is 17.6 Å². The summed E-state index contributed by atoms with van der Waals surface area (Å²) < 4.78 is 13.4. The lowest BCUT2D eigenvalue weighted by Gasteiger charge is -2.27. The van der Waals surface area contributed by atoms with Gasteiger partial charge in [0.2, 0.25) is 9.70 Å². The van der Waals surface area contributed by atoms with Crippen molar-refractivity contribution in [3.63, 3.8) is 0 Å². The van der Waals surface area contributed by atoms with Gasteiger partial charge in [-0.25, -0.2) is 0 Å². The third-order valence-electron chi connectivity index (χ3n) is 4.37. The molecule has 1 unspecified atom stereocenters. The molecule has 10 nitrogen and oxygen atoms in total. The van der Waals surface area contributed by atoms with Crippen molar-refractivity contribution in [1.29, 1.82) is 0 Å². The zero-order valence-corrected chi connectivity index (χ0v) is 21.3. The van der Waals surface area contributed by atoms with Crippen molar-refractivity contribution in [1.82, 2.24) is 10.6 Å². The Labute approximate surface area is 215 Å². The number of anilines is 1. The number of alkyl halides is 3. The second-order valence-electron chi connectivity index (χ2n) is 6.65. The van der Waals surface area contributed by atoms with E-state index in [4.69, 9.17) is 61.2 Å². The number of nitrogens with zero attached hydrogens (tertiary/aromatic N) is 1. The van der Waals surface area contributed by atoms with Crippen LogP contribution in [0.15, 0.2) is 36.4 Å². The van der Waals surface area contributed by atoms with Gasteiger partial charge in [-0.05, 0) is 42.0 Å². The lowest BCUT2D eigenvalue weighted by Crippen LogP contribution is -2.56. The zero-order chi connectivity index (χ0) is 25.5. The van der Waals surface area contributed by atoms with E-state index in [0.717, 1.165) is 0 Å². The number of carbonyl (C=O) groups is 1. The molecule has 14 heteroatoms. The smallest absolute Gasteiger partial charge is 0.296 e. The number of rotatable bonds is 9. The third-order valence-corrected chi connectivity index (χ3v) is 5.25. The van der Waals surface area contributed by atoms with Crippen molar-refractivity contribution in [3.8, 4) is 17.2 Å². The van der Waals surface area contributed by atoms with Crippen molar-refractivity contribution >= 4 is 69.4 Å². The van der Waals surface area contributed by atoms with Crippen molar-refractivity contribution in [2.24, 2.45) is 0 Å². The highest BCUT2D eigenvalue weighted by atomic mass is 35.6. The number of nitrogens with one attached hydrogen (secondary N) is 3. The van der Waals surface area contributed by atoms with E-state index in [1.165, 1.54) is 39.5 Å². The van der Waals surface area contributed by atoms with Crippen LogP contribution < -0.4 is 30.2 Å². The molecule has 0 radical (unpaired) electrons. The lowest BCUT2D eigenvalue weighted by molar-refractivity contribution is -0.384. The topological polar surface area (TPSA) is 124 Å². The van der Waals surface area contributed by atoms with E-state index < -0.39 is 20.8 Å². The summed E-state index contributed by atoms with van der Waals surface area (Å²) in [6.45, 7) is 0. The molecule has 34 heavy (non-hydrogen) atoms. The number of carbonyl (C=O) groups excluding carboxylic acids is 1. The minimum absolute atomic E-state index is 0.0660. The van der Waals surface area contributed by atoms with Crippen LogP contribution in [-0.4, -0.2) is 47.2 Å². The molecule has 3 N–H and O–H groups in total. The van der Waals surface area contributed by atoms with E-state index in [-0.39, 0.29) is 28.7 Å². The van der Waals surface area contributed by atoms with Gasteiger partial charge < -0.3 is 30.2 Å². The molecule has 1 atom stereocenters. The molecule has 0 spiro atoms. The summed E-state index contributed by atoms with van der Waals surface area (Å²) in [4.78, 5) is 23.4. The van der Waals surface area contributed by atoms with E-state index in [9.17, 15) is 14.9 Å². The van der Waals surface area contributed by atoms with Crippen LogP contribution in [-0.2, 0) is 11.2 Å². The van der Waals surface area contributed by atoms with E-state index in [2.05, 4.69) is 16.0 Å². The minimum atomic E-state index is -2.01. The van der Waals surface area contributed by atoms with E-state index in [1.807, 2.05) is 0 Å². The number of hydrogen-bond acceptors (Lipinski definition) is 7. The fourth-order valence-corrected chi connectivity index (χ4v) is 3.33. The SMILES string of the molecule is COc1ccc(NC(=S)NC(NC(=O)Cc2ccc(OC)c(OC)c2)C(Cl)(Cl)Cl)c([N+](=O)[O-])c1. The van der Waals surface area contributed by atoms with Gasteiger partial charge in [0.25, 0.3) is 5.69 Å². The average molecular weight is 552 g/mol. The summed E-state index contributed by atoms with van der Waals surface area (Å²) in [6.07, 6.45) is -1.33. The number of hydrogen-bond donors (Lipinski definition) is 3. The first-order chi connectivity index (χ1) is 16.0. The molecule has 0 heterocycles. The quantitative estimate of drug-likeness (QED) is 0.140. The maximum atomic E-state index is 12.6. The fraction of sp³-hybridized carbons (Fsp3) is 0.300. The van der Waals surface area contributed by atoms with Gasteiger partial charge in [-0.1, -0.05) is 40.9 Å². The van der Waals surface area contributed by atoms with Crippen LogP contribution in [0, 0.1) is 10.1 Å². The van der Waals surface area contributed by atoms with Crippen LogP contribution in [0.5, 0.6) is 17.2 Å². The number of thiocarbonyl (C=S) groups is 1. The van der Waals surface area contributed by atoms with Gasteiger partial charge in [0.15, 0.2) is 16.6 Å². The third kappa shape index (κ3) is 7.66. The Morgan fingerprint density at radius 3 is 2.29 bits per heavy atom. The van der Waals surface area contributed by atoms with Crippen LogP contribution in [0.1, 0.15) is 5.56 Å². The molecule has 1 amide bonds. The number of nitro benzene ring substituents is 1. The highest BCUT2D eigenvalue weighted by Gasteiger charge is 2.35. The number of benzene rings is 2. The maximum Gasteiger partial charge on any atom is 0.296 e. The molecular weight excluding hydrogens is 531 g/mol.